The van der Waals surface area contributed by atoms with Gasteiger partial charge in [-0.05, 0) is 26.5 Å². The van der Waals surface area contributed by atoms with Gasteiger partial charge in [-0.2, -0.15) is 0 Å². The number of likely N-dealkylation sites (N-methyl/N-ethyl adjacent to an activating group) is 1. The molecule has 0 aliphatic heterocycles. The Hall–Kier alpha value is -1.46. The molecule has 2 N–H and O–H groups in total. The molecule has 0 radical (unpaired) electrons. The molecule has 1 atom stereocenters. The van der Waals surface area contributed by atoms with Gasteiger partial charge < -0.3 is 10.5 Å². The molecule has 0 aliphatic rings. The number of esters is 1. The van der Waals surface area contributed by atoms with Crippen LogP contribution < -0.4 is 5.73 Å². The Balaban J connectivity index is 2.76. The van der Waals surface area contributed by atoms with Crippen molar-refractivity contribution in [2.45, 2.75) is 26.3 Å². The molecular weight excluding hydrogens is 272 g/mol. The number of nitrogens with two attached hydrogens (primary N) is 1. The normalized spacial score (nSPS) is 12.2. The molecule has 1 rings (SSSR count). The predicted molar refractivity (Wildman–Crippen MR) is 84.6 cm³/mol. The van der Waals surface area contributed by atoms with Gasteiger partial charge in [0, 0.05) is 6.54 Å². The van der Waals surface area contributed by atoms with Crippen LogP contribution in [0.5, 0.6) is 0 Å². The number of thiocarbonyl (C=S) groups is 1. The predicted octanol–water partition coefficient (Wildman–Crippen LogP) is 2.21. The number of aryl methyl sites for hydroxylation is 1. The van der Waals surface area contributed by atoms with E-state index in [-0.39, 0.29) is 12.0 Å². The summed E-state index contributed by atoms with van der Waals surface area (Å²) < 4.78 is 4.93. The molecule has 0 bridgehead atoms. The zero-order valence-electron chi connectivity index (χ0n) is 12.3. The SMILES string of the molecule is CCOC(=O)CCN(C)C(C(N)=S)c1cccc(C)c1. The Bertz CT molecular complexity index is 477. The first-order valence-electron chi connectivity index (χ1n) is 6.67. The second-order valence-electron chi connectivity index (χ2n) is 4.75. The summed E-state index contributed by atoms with van der Waals surface area (Å²) in [6, 6.07) is 7.90. The van der Waals surface area contributed by atoms with E-state index in [1.165, 1.54) is 0 Å². The van der Waals surface area contributed by atoms with Crippen molar-refractivity contribution in [3.63, 3.8) is 0 Å². The van der Waals surface area contributed by atoms with Crippen molar-refractivity contribution < 1.29 is 9.53 Å². The summed E-state index contributed by atoms with van der Waals surface area (Å²) in [6.07, 6.45) is 0.329. The van der Waals surface area contributed by atoms with Crippen LogP contribution in [-0.4, -0.2) is 36.1 Å². The monoisotopic (exact) mass is 294 g/mol. The number of hydrogen-bond donors (Lipinski definition) is 1. The fraction of sp³-hybridized carbons (Fsp3) is 0.467. The highest BCUT2D eigenvalue weighted by atomic mass is 32.1. The van der Waals surface area contributed by atoms with Gasteiger partial charge in [-0.25, -0.2) is 0 Å². The quantitative estimate of drug-likeness (QED) is 0.617. The molecule has 20 heavy (non-hydrogen) atoms. The molecule has 0 spiro atoms. The molecule has 0 heterocycles. The van der Waals surface area contributed by atoms with Crippen LogP contribution >= 0.6 is 12.2 Å². The van der Waals surface area contributed by atoms with Crippen molar-refractivity contribution in [2.24, 2.45) is 5.73 Å². The van der Waals surface area contributed by atoms with Gasteiger partial charge in [0.1, 0.15) is 0 Å². The van der Waals surface area contributed by atoms with E-state index in [1.807, 2.05) is 37.1 Å². The number of benzene rings is 1. The van der Waals surface area contributed by atoms with Crippen LogP contribution in [0.2, 0.25) is 0 Å². The van der Waals surface area contributed by atoms with Crippen molar-refractivity contribution in [3.8, 4) is 0 Å². The van der Waals surface area contributed by atoms with Gasteiger partial charge in [-0.15, -0.1) is 0 Å². The lowest BCUT2D eigenvalue weighted by atomic mass is 10.0. The lowest BCUT2D eigenvalue weighted by Gasteiger charge is -2.27. The molecule has 1 aromatic carbocycles. The Labute approximate surface area is 125 Å². The highest BCUT2D eigenvalue weighted by molar-refractivity contribution is 7.80. The molecule has 0 fully saturated rings. The molecule has 0 saturated heterocycles. The van der Waals surface area contributed by atoms with Crippen LogP contribution in [-0.2, 0) is 9.53 Å². The zero-order valence-corrected chi connectivity index (χ0v) is 13.1. The van der Waals surface area contributed by atoms with E-state index in [2.05, 4.69) is 6.07 Å². The van der Waals surface area contributed by atoms with Crippen molar-refractivity contribution in [1.29, 1.82) is 0 Å². The number of nitrogens with zero attached hydrogens (tertiary/aromatic N) is 1. The van der Waals surface area contributed by atoms with Crippen LogP contribution in [0.25, 0.3) is 0 Å². The Morgan fingerprint density at radius 1 is 1.50 bits per heavy atom. The minimum absolute atomic E-state index is 0.167. The third kappa shape index (κ3) is 4.90. The fourth-order valence-corrected chi connectivity index (χ4v) is 2.42. The van der Waals surface area contributed by atoms with Crippen LogP contribution in [0.3, 0.4) is 0 Å². The topological polar surface area (TPSA) is 55.6 Å². The van der Waals surface area contributed by atoms with Crippen molar-refractivity contribution >= 4 is 23.2 Å². The molecule has 0 amide bonds. The largest absolute Gasteiger partial charge is 0.466 e. The smallest absolute Gasteiger partial charge is 0.307 e. The number of hydrogen-bond acceptors (Lipinski definition) is 4. The highest BCUT2D eigenvalue weighted by Gasteiger charge is 2.20. The molecule has 1 aromatic rings. The molecule has 4 nitrogen and oxygen atoms in total. The van der Waals surface area contributed by atoms with E-state index in [4.69, 9.17) is 22.7 Å². The van der Waals surface area contributed by atoms with Gasteiger partial charge in [-0.3, -0.25) is 9.69 Å². The van der Waals surface area contributed by atoms with E-state index >= 15 is 0 Å². The molecule has 0 aromatic heterocycles. The molecule has 0 saturated carbocycles. The van der Waals surface area contributed by atoms with Crippen molar-refractivity contribution in [1.82, 2.24) is 4.90 Å². The first kappa shape index (κ1) is 16.6. The number of ether oxygens (including phenoxy) is 1. The Morgan fingerprint density at radius 3 is 2.75 bits per heavy atom. The van der Waals surface area contributed by atoms with Crippen molar-refractivity contribution in [3.05, 3.63) is 35.4 Å². The minimum atomic E-state index is -0.203. The molecule has 110 valence electrons. The number of carbonyl (C=O) groups is 1. The second-order valence-corrected chi connectivity index (χ2v) is 5.23. The molecule has 5 heteroatoms. The second kappa shape index (κ2) is 7.97. The summed E-state index contributed by atoms with van der Waals surface area (Å²) >= 11 is 5.17. The maximum Gasteiger partial charge on any atom is 0.307 e. The van der Waals surface area contributed by atoms with Gasteiger partial charge in [0.25, 0.3) is 0 Å². The van der Waals surface area contributed by atoms with Crippen molar-refractivity contribution in [2.75, 3.05) is 20.2 Å². The minimum Gasteiger partial charge on any atom is -0.466 e. The van der Waals surface area contributed by atoms with Gasteiger partial charge in [0.15, 0.2) is 0 Å². The number of rotatable bonds is 7. The lowest BCUT2D eigenvalue weighted by Crippen LogP contribution is -2.35. The zero-order chi connectivity index (χ0) is 15.1. The Morgan fingerprint density at radius 2 is 2.20 bits per heavy atom. The van der Waals surface area contributed by atoms with E-state index in [0.29, 0.717) is 24.6 Å². The van der Waals surface area contributed by atoms with Gasteiger partial charge in [0.2, 0.25) is 0 Å². The maximum atomic E-state index is 11.4. The first-order chi connectivity index (χ1) is 9.45. The van der Waals surface area contributed by atoms with Crippen LogP contribution in [0.4, 0.5) is 0 Å². The molecule has 0 aliphatic carbocycles. The van der Waals surface area contributed by atoms with Crippen LogP contribution in [0.1, 0.15) is 30.5 Å². The lowest BCUT2D eigenvalue weighted by molar-refractivity contribution is -0.143. The summed E-state index contributed by atoms with van der Waals surface area (Å²) in [5.41, 5.74) is 8.06. The third-order valence-electron chi connectivity index (χ3n) is 3.04. The maximum absolute atomic E-state index is 11.4. The van der Waals surface area contributed by atoms with E-state index < -0.39 is 0 Å². The summed E-state index contributed by atoms with van der Waals surface area (Å²) in [5, 5.41) is 0. The standard InChI is InChI=1S/C15H22N2O2S/c1-4-19-13(18)8-9-17(3)14(15(16)20)12-7-5-6-11(2)10-12/h5-7,10,14H,4,8-9H2,1-3H3,(H2,16,20). The van der Waals surface area contributed by atoms with Gasteiger partial charge in [0.05, 0.1) is 24.1 Å². The Kier molecular flexibility index (Phi) is 6.61. The van der Waals surface area contributed by atoms with Gasteiger partial charge >= 0.3 is 5.97 Å². The summed E-state index contributed by atoms with van der Waals surface area (Å²) in [6.45, 7) is 4.78. The van der Waals surface area contributed by atoms with E-state index in [9.17, 15) is 4.79 Å². The summed E-state index contributed by atoms with van der Waals surface area (Å²) in [5.74, 6) is -0.203. The first-order valence-corrected chi connectivity index (χ1v) is 7.08. The third-order valence-corrected chi connectivity index (χ3v) is 3.27. The van der Waals surface area contributed by atoms with Crippen LogP contribution in [0, 0.1) is 6.92 Å². The van der Waals surface area contributed by atoms with Crippen LogP contribution in [0.15, 0.2) is 24.3 Å². The average Bonchev–Trinajstić information content (AvgIpc) is 2.36. The highest BCUT2D eigenvalue weighted by Crippen LogP contribution is 2.21. The number of carbonyl (C=O) groups excluding carboxylic acids is 1. The van der Waals surface area contributed by atoms with Gasteiger partial charge in [-0.1, -0.05) is 42.0 Å². The summed E-state index contributed by atoms with van der Waals surface area (Å²) in [4.78, 5) is 13.8. The van der Waals surface area contributed by atoms with E-state index in [1.54, 1.807) is 6.92 Å². The molecular formula is C15H22N2O2S. The summed E-state index contributed by atoms with van der Waals surface area (Å²) in [7, 11) is 1.91. The van der Waals surface area contributed by atoms with E-state index in [0.717, 1.165) is 11.1 Å². The average molecular weight is 294 g/mol. The fourth-order valence-electron chi connectivity index (χ4n) is 2.11. The molecule has 1 unspecified atom stereocenters.